The maximum Gasteiger partial charge on any atom is 0.435 e. The van der Waals surface area contributed by atoms with Crippen LogP contribution in [0, 0.1) is 0 Å². The number of aromatic nitrogens is 3. The fourth-order valence-electron chi connectivity index (χ4n) is 4.84. The molecule has 1 aromatic carbocycles. The number of piperidine rings is 1. The third-order valence-electron chi connectivity index (χ3n) is 6.87. The van der Waals surface area contributed by atoms with Gasteiger partial charge in [-0.05, 0) is 25.3 Å². The molecule has 196 valence electrons. The van der Waals surface area contributed by atoms with E-state index in [1.54, 1.807) is 11.8 Å². The van der Waals surface area contributed by atoms with Crippen LogP contribution in [0.15, 0.2) is 46.9 Å². The first-order valence-electron chi connectivity index (χ1n) is 12.0. The third-order valence-corrected chi connectivity index (χ3v) is 8.16. The summed E-state index contributed by atoms with van der Waals surface area (Å²) in [6.07, 6.45) is -3.60. The molecule has 4 heterocycles. The van der Waals surface area contributed by atoms with Gasteiger partial charge in [0, 0.05) is 36.8 Å². The zero-order valence-corrected chi connectivity index (χ0v) is 21.8. The Kier molecular flexibility index (Phi) is 6.78. The number of carbonyl (C=O) groups is 1. The Labute approximate surface area is 220 Å². The molecule has 2 aromatic heterocycles. The number of thiazole rings is 1. The van der Waals surface area contributed by atoms with Gasteiger partial charge in [-0.3, -0.25) is 4.79 Å². The summed E-state index contributed by atoms with van der Waals surface area (Å²) in [4.78, 5) is 24.8. The first-order chi connectivity index (χ1) is 17.6. The van der Waals surface area contributed by atoms with Crippen LogP contribution in [0.4, 0.5) is 13.2 Å². The van der Waals surface area contributed by atoms with Crippen molar-refractivity contribution < 1.29 is 22.8 Å². The average Bonchev–Trinajstić information content (AvgIpc) is 3.62. The number of hydrogen-bond acceptors (Lipinski definition) is 6. The van der Waals surface area contributed by atoms with Crippen LogP contribution in [0.2, 0.25) is 5.15 Å². The highest BCUT2D eigenvalue weighted by molar-refractivity contribution is 7.10. The Hall–Kier alpha value is -2.92. The second kappa shape index (κ2) is 9.75. The van der Waals surface area contributed by atoms with Crippen molar-refractivity contribution in [2.75, 3.05) is 6.54 Å². The van der Waals surface area contributed by atoms with E-state index in [0.29, 0.717) is 25.8 Å². The molecule has 0 bridgehead atoms. The van der Waals surface area contributed by atoms with Crippen molar-refractivity contribution in [3.8, 4) is 0 Å². The van der Waals surface area contributed by atoms with E-state index in [2.05, 4.69) is 10.3 Å². The SMILES string of the molecule is CCC(=O)N1CCC(c2nc(C3=NO[C@@](C)(c4ccccc4)C3)cs2)CC1n1nc(C(F)(F)F)cc1Cl. The molecule has 0 radical (unpaired) electrons. The van der Waals surface area contributed by atoms with Crippen LogP contribution >= 0.6 is 22.9 Å². The lowest BCUT2D eigenvalue weighted by atomic mass is 9.90. The molecule has 12 heteroatoms. The summed E-state index contributed by atoms with van der Waals surface area (Å²) in [5, 5.41) is 10.6. The maximum atomic E-state index is 13.3. The summed E-state index contributed by atoms with van der Waals surface area (Å²) in [6, 6.07) is 10.7. The minimum absolute atomic E-state index is 0.0808. The van der Waals surface area contributed by atoms with E-state index in [1.165, 1.54) is 11.3 Å². The van der Waals surface area contributed by atoms with Crippen molar-refractivity contribution in [2.24, 2.45) is 5.16 Å². The van der Waals surface area contributed by atoms with Crippen molar-refractivity contribution in [1.29, 1.82) is 0 Å². The molecule has 2 unspecified atom stereocenters. The summed E-state index contributed by atoms with van der Waals surface area (Å²) >= 11 is 7.65. The van der Waals surface area contributed by atoms with Gasteiger partial charge in [0.2, 0.25) is 5.91 Å². The van der Waals surface area contributed by atoms with Gasteiger partial charge in [0.1, 0.15) is 17.0 Å². The second-order valence-electron chi connectivity index (χ2n) is 9.41. The van der Waals surface area contributed by atoms with Crippen molar-refractivity contribution in [1.82, 2.24) is 19.7 Å². The Morgan fingerprint density at radius 3 is 2.73 bits per heavy atom. The molecule has 0 aliphatic carbocycles. The minimum Gasteiger partial charge on any atom is -0.384 e. The quantitative estimate of drug-likeness (QED) is 0.369. The molecule has 3 aromatic rings. The molecule has 2 aliphatic rings. The van der Waals surface area contributed by atoms with Gasteiger partial charge in [0.25, 0.3) is 0 Å². The van der Waals surface area contributed by atoms with E-state index in [-0.39, 0.29) is 23.4 Å². The molecule has 7 nitrogen and oxygen atoms in total. The topological polar surface area (TPSA) is 72.6 Å². The molecule has 0 N–H and O–H groups in total. The Bertz CT molecular complexity index is 1330. The fourth-order valence-corrected chi connectivity index (χ4v) is 6.08. The van der Waals surface area contributed by atoms with Gasteiger partial charge in [-0.25, -0.2) is 9.67 Å². The van der Waals surface area contributed by atoms with Crippen LogP contribution in [0.1, 0.15) is 73.6 Å². The number of alkyl halides is 3. The average molecular weight is 552 g/mol. The molecule has 5 rings (SSSR count). The highest BCUT2D eigenvalue weighted by atomic mass is 35.5. The molecule has 1 saturated heterocycles. The lowest BCUT2D eigenvalue weighted by Gasteiger charge is -2.39. The van der Waals surface area contributed by atoms with E-state index in [0.717, 1.165) is 32.7 Å². The summed E-state index contributed by atoms with van der Waals surface area (Å²) in [5.41, 5.74) is 0.827. The summed E-state index contributed by atoms with van der Waals surface area (Å²) in [5.74, 6) is -0.247. The maximum absolute atomic E-state index is 13.3. The summed E-state index contributed by atoms with van der Waals surface area (Å²) < 4.78 is 41.0. The third kappa shape index (κ3) is 4.98. The predicted octanol–water partition coefficient (Wildman–Crippen LogP) is 6.37. The highest BCUT2D eigenvalue weighted by Gasteiger charge is 2.40. The molecule has 2 aliphatic heterocycles. The van der Waals surface area contributed by atoms with Crippen LogP contribution in [0.25, 0.3) is 0 Å². The van der Waals surface area contributed by atoms with Crippen LogP contribution < -0.4 is 0 Å². The van der Waals surface area contributed by atoms with Crippen molar-refractivity contribution in [3.63, 3.8) is 0 Å². The number of rotatable bonds is 5. The van der Waals surface area contributed by atoms with Gasteiger partial charge >= 0.3 is 6.18 Å². The Morgan fingerprint density at radius 1 is 1.30 bits per heavy atom. The number of carbonyl (C=O) groups excluding carboxylic acids is 1. The van der Waals surface area contributed by atoms with Crippen LogP contribution in [-0.4, -0.2) is 37.8 Å². The van der Waals surface area contributed by atoms with Crippen LogP contribution in [0.3, 0.4) is 0 Å². The zero-order valence-electron chi connectivity index (χ0n) is 20.2. The van der Waals surface area contributed by atoms with E-state index >= 15 is 0 Å². The molecule has 37 heavy (non-hydrogen) atoms. The van der Waals surface area contributed by atoms with Crippen molar-refractivity contribution in [3.05, 3.63) is 68.9 Å². The largest absolute Gasteiger partial charge is 0.435 e. The minimum atomic E-state index is -4.63. The lowest BCUT2D eigenvalue weighted by molar-refractivity contribution is -0.142. The van der Waals surface area contributed by atoms with Gasteiger partial charge in [0.15, 0.2) is 11.3 Å². The molecular formula is C25H25ClF3N5O2S. The lowest BCUT2D eigenvalue weighted by Crippen LogP contribution is -2.43. The summed E-state index contributed by atoms with van der Waals surface area (Å²) in [6.45, 7) is 4.07. The Morgan fingerprint density at radius 2 is 2.05 bits per heavy atom. The van der Waals surface area contributed by atoms with E-state index < -0.39 is 23.6 Å². The highest BCUT2D eigenvalue weighted by Crippen LogP contribution is 2.41. The number of nitrogens with zero attached hydrogens (tertiary/aromatic N) is 5. The smallest absolute Gasteiger partial charge is 0.384 e. The normalized spacial score (nSPS) is 24.2. The van der Waals surface area contributed by atoms with E-state index in [1.807, 2.05) is 42.6 Å². The number of hydrogen-bond donors (Lipinski definition) is 0. The van der Waals surface area contributed by atoms with E-state index in [4.69, 9.17) is 21.4 Å². The first kappa shape index (κ1) is 25.7. The standard InChI is InChI=1S/C25H25ClF3N5O2S/c1-3-22(35)33-10-9-15(11-21(33)34-20(26)12-19(31-34)25(27,28)29)23-30-18(14-37-23)17-13-24(2,36-32-17)16-7-5-4-6-8-16/h4-8,12,14-15,21H,3,9-11,13H2,1-2H3/t15?,21?,24-/m1/s1. The second-order valence-corrected chi connectivity index (χ2v) is 10.7. The molecule has 0 saturated carbocycles. The van der Waals surface area contributed by atoms with Crippen LogP contribution in [-0.2, 0) is 21.4 Å². The van der Waals surface area contributed by atoms with Gasteiger partial charge < -0.3 is 9.74 Å². The van der Waals surface area contributed by atoms with Gasteiger partial charge in [-0.1, -0.05) is 54.0 Å². The zero-order chi connectivity index (χ0) is 26.4. The van der Waals surface area contributed by atoms with Crippen molar-refractivity contribution >= 4 is 34.6 Å². The molecule has 0 spiro atoms. The van der Waals surface area contributed by atoms with Crippen LogP contribution in [0.5, 0.6) is 0 Å². The molecule has 3 atom stereocenters. The summed E-state index contributed by atoms with van der Waals surface area (Å²) in [7, 11) is 0. The predicted molar refractivity (Wildman–Crippen MR) is 133 cm³/mol. The molecule has 1 amide bonds. The fraction of sp³-hybridized carbons (Fsp3) is 0.440. The first-order valence-corrected chi connectivity index (χ1v) is 13.2. The van der Waals surface area contributed by atoms with Gasteiger partial charge in [0.05, 0.1) is 10.7 Å². The number of amides is 1. The van der Waals surface area contributed by atoms with Crippen molar-refractivity contribution in [2.45, 2.75) is 63.4 Å². The number of oxime groups is 1. The number of benzene rings is 1. The molecular weight excluding hydrogens is 527 g/mol. The van der Waals surface area contributed by atoms with Gasteiger partial charge in [-0.2, -0.15) is 18.3 Å². The Balaban J connectivity index is 1.37. The molecule has 1 fully saturated rings. The number of halogens is 4. The van der Waals surface area contributed by atoms with E-state index in [9.17, 15) is 18.0 Å². The number of likely N-dealkylation sites (tertiary alicyclic amines) is 1. The monoisotopic (exact) mass is 551 g/mol. The van der Waals surface area contributed by atoms with Gasteiger partial charge in [-0.15, -0.1) is 11.3 Å².